The van der Waals surface area contributed by atoms with Crippen molar-refractivity contribution in [2.24, 2.45) is 0 Å². The maximum Gasteiger partial charge on any atom is 0.246 e. The van der Waals surface area contributed by atoms with Gasteiger partial charge in [-0.25, -0.2) is 19.6 Å². The molecule has 5 rings (SSSR count). The highest BCUT2D eigenvalue weighted by atomic mass is 16.2. The van der Waals surface area contributed by atoms with Crippen molar-refractivity contribution in [3.63, 3.8) is 0 Å². The van der Waals surface area contributed by atoms with E-state index in [0.29, 0.717) is 11.6 Å². The minimum absolute atomic E-state index is 0.0827. The lowest BCUT2D eigenvalue weighted by Crippen LogP contribution is -2.47. The van der Waals surface area contributed by atoms with Gasteiger partial charge in [0.1, 0.15) is 24.5 Å². The molecule has 174 valence electrons. The minimum Gasteiger partial charge on any atom is -0.353 e. The van der Waals surface area contributed by atoms with E-state index in [1.54, 1.807) is 17.2 Å². The third-order valence-corrected chi connectivity index (χ3v) is 6.12. The van der Waals surface area contributed by atoms with Crippen LogP contribution in [-0.2, 0) is 11.3 Å². The second-order valence-corrected chi connectivity index (χ2v) is 8.72. The van der Waals surface area contributed by atoms with E-state index in [1.165, 1.54) is 5.56 Å². The van der Waals surface area contributed by atoms with Crippen molar-refractivity contribution in [2.75, 3.05) is 41.3 Å². The first kappa shape index (κ1) is 21.8. The number of nitrogens with zero attached hydrogens (tertiary/aromatic N) is 7. The molecule has 9 nitrogen and oxygen atoms in total. The quantitative estimate of drug-likeness (QED) is 0.476. The fourth-order valence-corrected chi connectivity index (χ4v) is 4.22. The molecule has 0 unspecified atom stereocenters. The van der Waals surface area contributed by atoms with Crippen molar-refractivity contribution < 1.29 is 4.79 Å². The Morgan fingerprint density at radius 3 is 2.44 bits per heavy atom. The number of pyridine rings is 1. The Labute approximate surface area is 198 Å². The average Bonchev–Trinajstić information content (AvgIpc) is 3.28. The number of rotatable bonds is 6. The van der Waals surface area contributed by atoms with Crippen LogP contribution in [0.3, 0.4) is 0 Å². The Kier molecular flexibility index (Phi) is 6.07. The standard InChI is InChI=1S/C25H28N8O/c1-18(2)19-6-8-20(9-7-19)30-23(34)16-33-25-21(15-29-33)24(27-17-28-25)32-13-11-31(12-14-32)22-5-3-4-10-26-22/h3-10,15,17-18H,11-14,16H2,1-2H3,(H,30,34). The third kappa shape index (κ3) is 4.54. The number of aromatic nitrogens is 5. The Morgan fingerprint density at radius 2 is 1.74 bits per heavy atom. The first-order chi connectivity index (χ1) is 16.6. The Balaban J connectivity index is 1.27. The summed E-state index contributed by atoms with van der Waals surface area (Å²) in [6.45, 7) is 7.73. The van der Waals surface area contributed by atoms with Crippen LogP contribution in [0, 0.1) is 0 Å². The summed E-state index contributed by atoms with van der Waals surface area (Å²) in [5.74, 6) is 2.15. The van der Waals surface area contributed by atoms with E-state index >= 15 is 0 Å². The van der Waals surface area contributed by atoms with E-state index in [1.807, 2.05) is 48.7 Å². The number of benzene rings is 1. The average molecular weight is 457 g/mol. The highest BCUT2D eigenvalue weighted by molar-refractivity contribution is 5.92. The molecule has 4 aromatic rings. The lowest BCUT2D eigenvalue weighted by Gasteiger charge is -2.36. The predicted molar refractivity (Wildman–Crippen MR) is 133 cm³/mol. The Hall–Kier alpha value is -4.01. The van der Waals surface area contributed by atoms with Crippen LogP contribution in [0.4, 0.5) is 17.3 Å². The molecule has 1 N–H and O–H groups in total. The van der Waals surface area contributed by atoms with Gasteiger partial charge < -0.3 is 15.1 Å². The summed E-state index contributed by atoms with van der Waals surface area (Å²) in [6, 6.07) is 13.9. The second-order valence-electron chi connectivity index (χ2n) is 8.72. The predicted octanol–water partition coefficient (Wildman–Crippen LogP) is 3.31. The van der Waals surface area contributed by atoms with Crippen molar-refractivity contribution >= 4 is 34.3 Å². The number of piperazine rings is 1. The van der Waals surface area contributed by atoms with Gasteiger partial charge in [0.25, 0.3) is 0 Å². The van der Waals surface area contributed by atoms with Gasteiger partial charge in [-0.3, -0.25) is 4.79 Å². The monoisotopic (exact) mass is 456 g/mol. The summed E-state index contributed by atoms with van der Waals surface area (Å²) in [5.41, 5.74) is 2.66. The summed E-state index contributed by atoms with van der Waals surface area (Å²) in [6.07, 6.45) is 5.12. The molecule has 0 spiro atoms. The number of hydrogen-bond acceptors (Lipinski definition) is 7. The molecule has 0 radical (unpaired) electrons. The molecule has 0 bridgehead atoms. The molecule has 0 aliphatic carbocycles. The Morgan fingerprint density at radius 1 is 0.971 bits per heavy atom. The first-order valence-electron chi connectivity index (χ1n) is 11.6. The van der Waals surface area contributed by atoms with Crippen molar-refractivity contribution in [3.8, 4) is 0 Å². The van der Waals surface area contributed by atoms with E-state index < -0.39 is 0 Å². The van der Waals surface area contributed by atoms with Crippen molar-refractivity contribution in [1.29, 1.82) is 0 Å². The normalized spacial score (nSPS) is 14.1. The lowest BCUT2D eigenvalue weighted by molar-refractivity contribution is -0.116. The molecule has 1 aliphatic heterocycles. The van der Waals surface area contributed by atoms with Crippen molar-refractivity contribution in [1.82, 2.24) is 24.7 Å². The summed E-state index contributed by atoms with van der Waals surface area (Å²) in [4.78, 5) is 30.6. The molecule has 34 heavy (non-hydrogen) atoms. The van der Waals surface area contributed by atoms with E-state index in [2.05, 4.69) is 49.0 Å². The topological polar surface area (TPSA) is 92.1 Å². The number of anilines is 3. The first-order valence-corrected chi connectivity index (χ1v) is 11.6. The van der Waals surface area contributed by atoms with Gasteiger partial charge in [-0.05, 0) is 35.7 Å². The zero-order chi connectivity index (χ0) is 23.5. The SMILES string of the molecule is CC(C)c1ccc(NC(=O)Cn2ncc3c(N4CCN(c5ccccn5)CC4)ncnc32)cc1. The number of carbonyl (C=O) groups is 1. The van der Waals surface area contributed by atoms with E-state index in [0.717, 1.165) is 48.9 Å². The maximum atomic E-state index is 12.7. The number of carbonyl (C=O) groups excluding carboxylic acids is 1. The molecule has 9 heteroatoms. The summed E-state index contributed by atoms with van der Waals surface area (Å²) < 4.78 is 1.63. The van der Waals surface area contributed by atoms with Crippen LogP contribution < -0.4 is 15.1 Å². The van der Waals surface area contributed by atoms with E-state index in [9.17, 15) is 4.79 Å². The van der Waals surface area contributed by atoms with Crippen LogP contribution in [0.5, 0.6) is 0 Å². The third-order valence-electron chi connectivity index (χ3n) is 6.12. The van der Waals surface area contributed by atoms with Crippen LogP contribution >= 0.6 is 0 Å². The molecule has 0 atom stereocenters. The van der Waals surface area contributed by atoms with Crippen molar-refractivity contribution in [3.05, 3.63) is 66.7 Å². The van der Waals surface area contributed by atoms with Gasteiger partial charge >= 0.3 is 0 Å². The lowest BCUT2D eigenvalue weighted by atomic mass is 10.0. The minimum atomic E-state index is -0.147. The highest BCUT2D eigenvalue weighted by Gasteiger charge is 2.22. The molecule has 0 saturated carbocycles. The molecule has 1 amide bonds. The number of nitrogens with one attached hydrogen (secondary N) is 1. The molecule has 3 aromatic heterocycles. The van der Waals surface area contributed by atoms with Gasteiger partial charge in [0.15, 0.2) is 5.65 Å². The fourth-order valence-electron chi connectivity index (χ4n) is 4.22. The van der Waals surface area contributed by atoms with Crippen LogP contribution in [0.25, 0.3) is 11.0 Å². The van der Waals surface area contributed by atoms with Crippen LogP contribution in [0.1, 0.15) is 25.3 Å². The molecular formula is C25H28N8O. The maximum absolute atomic E-state index is 12.7. The molecule has 1 saturated heterocycles. The summed E-state index contributed by atoms with van der Waals surface area (Å²) in [7, 11) is 0. The largest absolute Gasteiger partial charge is 0.353 e. The molecular weight excluding hydrogens is 428 g/mol. The molecule has 1 fully saturated rings. The molecule has 4 heterocycles. The van der Waals surface area contributed by atoms with E-state index in [4.69, 9.17) is 0 Å². The summed E-state index contributed by atoms with van der Waals surface area (Å²) in [5, 5.41) is 8.23. The summed E-state index contributed by atoms with van der Waals surface area (Å²) >= 11 is 0. The zero-order valence-electron chi connectivity index (χ0n) is 19.4. The van der Waals surface area contributed by atoms with Crippen molar-refractivity contribution in [2.45, 2.75) is 26.3 Å². The smallest absolute Gasteiger partial charge is 0.246 e. The zero-order valence-corrected chi connectivity index (χ0v) is 19.4. The van der Waals surface area contributed by atoms with Crippen LogP contribution in [0.15, 0.2) is 61.2 Å². The number of fused-ring (bicyclic) bond motifs is 1. The van der Waals surface area contributed by atoms with Gasteiger partial charge in [-0.15, -0.1) is 0 Å². The Bertz CT molecular complexity index is 1260. The molecule has 1 aromatic carbocycles. The van der Waals surface area contributed by atoms with E-state index in [-0.39, 0.29) is 12.5 Å². The fraction of sp³-hybridized carbons (Fsp3) is 0.320. The van der Waals surface area contributed by atoms with Gasteiger partial charge in [-0.2, -0.15) is 5.10 Å². The van der Waals surface area contributed by atoms with Crippen LogP contribution in [0.2, 0.25) is 0 Å². The van der Waals surface area contributed by atoms with Gasteiger partial charge in [-0.1, -0.05) is 32.0 Å². The van der Waals surface area contributed by atoms with Gasteiger partial charge in [0.05, 0.1) is 11.6 Å². The van der Waals surface area contributed by atoms with Crippen LogP contribution in [-0.4, -0.2) is 56.8 Å². The number of hydrogen-bond donors (Lipinski definition) is 1. The highest BCUT2D eigenvalue weighted by Crippen LogP contribution is 2.25. The molecule has 1 aliphatic rings. The van der Waals surface area contributed by atoms with Gasteiger partial charge in [0.2, 0.25) is 5.91 Å². The van der Waals surface area contributed by atoms with Gasteiger partial charge in [0, 0.05) is 38.1 Å². The number of amides is 1. The second kappa shape index (κ2) is 9.46.